The highest BCUT2D eigenvalue weighted by molar-refractivity contribution is 7.09. The summed E-state index contributed by atoms with van der Waals surface area (Å²) in [7, 11) is 0. The first-order chi connectivity index (χ1) is 19.9. The fourth-order valence-corrected chi connectivity index (χ4v) is 5.06. The first-order valence-electron chi connectivity index (χ1n) is 13.6. The first-order valence-corrected chi connectivity index (χ1v) is 14.5. The summed E-state index contributed by atoms with van der Waals surface area (Å²) in [5, 5.41) is 4.80. The van der Waals surface area contributed by atoms with E-state index in [0.717, 1.165) is 23.5 Å². The van der Waals surface area contributed by atoms with Gasteiger partial charge in [-0.1, -0.05) is 18.2 Å². The Bertz CT molecular complexity index is 1270. The molecule has 1 N–H and O–H groups in total. The molecule has 3 amide bonds. The second kappa shape index (κ2) is 15.3. The van der Waals surface area contributed by atoms with Crippen LogP contribution in [0, 0.1) is 5.82 Å². The number of urea groups is 1. The number of morpholine rings is 1. The number of nitrogens with zero attached hydrogens (tertiary/aromatic N) is 3. The number of halogens is 1. The molecular formula is C30H35FN4O5S. The van der Waals surface area contributed by atoms with Gasteiger partial charge in [-0.15, -0.1) is 11.3 Å². The third-order valence-electron chi connectivity index (χ3n) is 6.62. The van der Waals surface area contributed by atoms with E-state index in [-0.39, 0.29) is 31.4 Å². The zero-order valence-electron chi connectivity index (χ0n) is 23.1. The van der Waals surface area contributed by atoms with Crippen LogP contribution in [0.25, 0.3) is 0 Å². The lowest BCUT2D eigenvalue weighted by molar-refractivity contribution is -0.133. The van der Waals surface area contributed by atoms with Crippen molar-refractivity contribution in [2.45, 2.75) is 20.0 Å². The SMILES string of the molecule is CCOC(=O)c1ccc(NC(=O)N(CCN2CCOCC2)CC(=O)N(Cc2ccc(F)cc2)Cc2cccs2)cc1. The number of hydrogen-bond acceptors (Lipinski definition) is 7. The standard InChI is InChI=1S/C30H35FN4O5S/c1-2-40-29(37)24-7-11-26(12-8-24)32-30(38)34(14-13-33-15-17-39-18-16-33)22-28(36)35(21-27-4-3-19-41-27)20-23-5-9-25(31)10-6-23/h3-12,19H,2,13-18,20-22H2,1H3,(H,32,38). The highest BCUT2D eigenvalue weighted by atomic mass is 32.1. The van der Waals surface area contributed by atoms with Gasteiger partial charge in [-0.3, -0.25) is 9.69 Å². The van der Waals surface area contributed by atoms with Gasteiger partial charge in [0.25, 0.3) is 0 Å². The fraction of sp³-hybridized carbons (Fsp3) is 0.367. The molecule has 0 atom stereocenters. The van der Waals surface area contributed by atoms with E-state index in [2.05, 4.69) is 10.2 Å². The molecule has 3 aromatic rings. The number of ether oxygens (including phenoxy) is 2. The first kappa shape index (κ1) is 30.2. The van der Waals surface area contributed by atoms with Crippen LogP contribution < -0.4 is 5.32 Å². The minimum atomic E-state index is -0.435. The number of carbonyl (C=O) groups excluding carboxylic acids is 3. The molecule has 0 saturated carbocycles. The molecule has 4 rings (SSSR count). The van der Waals surface area contributed by atoms with Gasteiger partial charge in [-0.2, -0.15) is 0 Å². The molecule has 41 heavy (non-hydrogen) atoms. The smallest absolute Gasteiger partial charge is 0.338 e. The van der Waals surface area contributed by atoms with Crippen LogP contribution in [0.5, 0.6) is 0 Å². The summed E-state index contributed by atoms with van der Waals surface area (Å²) >= 11 is 1.55. The Morgan fingerprint density at radius 2 is 1.73 bits per heavy atom. The monoisotopic (exact) mass is 582 g/mol. The Kier molecular flexibility index (Phi) is 11.2. The molecule has 2 heterocycles. The maximum absolute atomic E-state index is 13.7. The molecule has 9 nitrogen and oxygen atoms in total. The number of benzene rings is 2. The average Bonchev–Trinajstić information content (AvgIpc) is 3.50. The number of carbonyl (C=O) groups is 3. The number of amides is 3. The van der Waals surface area contributed by atoms with E-state index in [0.29, 0.717) is 44.1 Å². The number of rotatable bonds is 12. The van der Waals surface area contributed by atoms with Crippen LogP contribution in [0.2, 0.25) is 0 Å². The number of anilines is 1. The summed E-state index contributed by atoms with van der Waals surface area (Å²) in [6.07, 6.45) is 0. The zero-order valence-corrected chi connectivity index (χ0v) is 23.9. The number of hydrogen-bond donors (Lipinski definition) is 1. The number of esters is 1. The van der Waals surface area contributed by atoms with Gasteiger partial charge in [-0.05, 0) is 60.3 Å². The van der Waals surface area contributed by atoms with Gasteiger partial charge in [0.2, 0.25) is 5.91 Å². The molecule has 0 radical (unpaired) electrons. The molecule has 11 heteroatoms. The van der Waals surface area contributed by atoms with E-state index in [4.69, 9.17) is 9.47 Å². The predicted octanol–water partition coefficient (Wildman–Crippen LogP) is 4.46. The fourth-order valence-electron chi connectivity index (χ4n) is 4.34. The maximum Gasteiger partial charge on any atom is 0.338 e. The summed E-state index contributed by atoms with van der Waals surface area (Å²) < 4.78 is 24.0. The van der Waals surface area contributed by atoms with Gasteiger partial charge in [-0.25, -0.2) is 14.0 Å². The van der Waals surface area contributed by atoms with Gasteiger partial charge >= 0.3 is 12.0 Å². The third kappa shape index (κ3) is 9.38. The molecule has 0 bridgehead atoms. The molecule has 2 aromatic carbocycles. The normalized spacial score (nSPS) is 13.4. The second-order valence-corrected chi connectivity index (χ2v) is 10.6. The molecule has 0 aliphatic carbocycles. The second-order valence-electron chi connectivity index (χ2n) is 9.56. The van der Waals surface area contributed by atoms with E-state index < -0.39 is 12.0 Å². The summed E-state index contributed by atoms with van der Waals surface area (Å²) in [4.78, 5) is 45.5. The van der Waals surface area contributed by atoms with Crippen LogP contribution in [-0.4, -0.2) is 85.2 Å². The average molecular weight is 583 g/mol. The van der Waals surface area contributed by atoms with Crippen LogP contribution in [0.3, 0.4) is 0 Å². The Labute approximate surface area is 243 Å². The lowest BCUT2D eigenvalue weighted by atomic mass is 10.2. The molecule has 0 unspecified atom stereocenters. The molecule has 1 aliphatic rings. The van der Waals surface area contributed by atoms with Gasteiger partial charge in [0.1, 0.15) is 12.4 Å². The Balaban J connectivity index is 1.48. The van der Waals surface area contributed by atoms with Crippen LogP contribution in [0.15, 0.2) is 66.0 Å². The van der Waals surface area contributed by atoms with Crippen LogP contribution in [0.4, 0.5) is 14.9 Å². The molecule has 1 aliphatic heterocycles. The van der Waals surface area contributed by atoms with Crippen molar-refractivity contribution in [3.05, 3.63) is 87.9 Å². The van der Waals surface area contributed by atoms with Gasteiger partial charge in [0, 0.05) is 43.3 Å². The minimum Gasteiger partial charge on any atom is -0.462 e. The largest absolute Gasteiger partial charge is 0.462 e. The van der Waals surface area contributed by atoms with Crippen molar-refractivity contribution < 1.29 is 28.2 Å². The molecule has 1 saturated heterocycles. The lowest BCUT2D eigenvalue weighted by Crippen LogP contribution is -2.48. The minimum absolute atomic E-state index is 0.135. The van der Waals surface area contributed by atoms with E-state index in [1.807, 2.05) is 17.5 Å². The summed E-state index contributed by atoms with van der Waals surface area (Å²) in [5.74, 6) is -1.00. The molecule has 1 aromatic heterocycles. The Hall–Kier alpha value is -3.80. The Morgan fingerprint density at radius 1 is 1.00 bits per heavy atom. The molecule has 0 spiro atoms. The van der Waals surface area contributed by atoms with Crippen LogP contribution in [-0.2, 0) is 27.4 Å². The van der Waals surface area contributed by atoms with E-state index in [9.17, 15) is 18.8 Å². The lowest BCUT2D eigenvalue weighted by Gasteiger charge is -2.31. The van der Waals surface area contributed by atoms with E-state index >= 15 is 0 Å². The quantitative estimate of drug-likeness (QED) is 0.317. The van der Waals surface area contributed by atoms with Gasteiger partial charge in [0.15, 0.2) is 0 Å². The van der Waals surface area contributed by atoms with Crippen molar-refractivity contribution in [3.8, 4) is 0 Å². The summed E-state index contributed by atoms with van der Waals surface area (Å²) in [6, 6.07) is 16.0. The van der Waals surface area contributed by atoms with Crippen molar-refractivity contribution in [1.29, 1.82) is 0 Å². The number of thiophene rings is 1. The number of nitrogens with one attached hydrogen (secondary N) is 1. The van der Waals surface area contributed by atoms with Crippen molar-refractivity contribution >= 4 is 34.9 Å². The third-order valence-corrected chi connectivity index (χ3v) is 7.48. The van der Waals surface area contributed by atoms with Crippen molar-refractivity contribution in [1.82, 2.24) is 14.7 Å². The van der Waals surface area contributed by atoms with Gasteiger partial charge < -0.3 is 24.6 Å². The van der Waals surface area contributed by atoms with Crippen LogP contribution in [0.1, 0.15) is 27.7 Å². The van der Waals surface area contributed by atoms with Crippen LogP contribution >= 0.6 is 11.3 Å². The summed E-state index contributed by atoms with van der Waals surface area (Å²) in [5.41, 5.74) is 1.67. The highest BCUT2D eigenvalue weighted by Crippen LogP contribution is 2.17. The molecule has 218 valence electrons. The topological polar surface area (TPSA) is 91.4 Å². The van der Waals surface area contributed by atoms with E-state index in [1.54, 1.807) is 59.6 Å². The molecule has 1 fully saturated rings. The highest BCUT2D eigenvalue weighted by Gasteiger charge is 2.24. The predicted molar refractivity (Wildman–Crippen MR) is 155 cm³/mol. The van der Waals surface area contributed by atoms with Crippen molar-refractivity contribution in [3.63, 3.8) is 0 Å². The summed E-state index contributed by atoms with van der Waals surface area (Å²) in [6.45, 7) is 6.23. The van der Waals surface area contributed by atoms with Gasteiger partial charge in [0.05, 0.1) is 31.9 Å². The van der Waals surface area contributed by atoms with Crippen molar-refractivity contribution in [2.24, 2.45) is 0 Å². The maximum atomic E-state index is 13.7. The zero-order chi connectivity index (χ0) is 29.0. The van der Waals surface area contributed by atoms with Crippen molar-refractivity contribution in [2.75, 3.05) is 57.9 Å². The molecular weight excluding hydrogens is 547 g/mol. The Morgan fingerprint density at radius 3 is 2.39 bits per heavy atom. The van der Waals surface area contributed by atoms with E-state index in [1.165, 1.54) is 17.0 Å².